The maximum Gasteiger partial charge on any atom is 0.0937 e. The summed E-state index contributed by atoms with van der Waals surface area (Å²) in [5.41, 5.74) is 8.83. The number of nitrogen functional groups attached to an aromatic ring is 2. The van der Waals surface area contributed by atoms with Crippen molar-refractivity contribution in [3.63, 3.8) is 0 Å². The topological polar surface area (TPSA) is 89.8 Å². The van der Waals surface area contributed by atoms with E-state index in [1.165, 1.54) is 12.4 Å². The van der Waals surface area contributed by atoms with Crippen LogP contribution in [0.1, 0.15) is 0 Å². The van der Waals surface area contributed by atoms with Crippen LogP contribution < -0.4 is 17.0 Å². The standard InChI is InChI=1S/C4H7N5/c5-3-1-7-8-2-4(3)9-6/h1-2H,6H2,(H2,5,8)(H,7,9). The first-order valence-corrected chi connectivity index (χ1v) is 2.37. The second kappa shape index (κ2) is 2.27. The van der Waals surface area contributed by atoms with Gasteiger partial charge in [-0.15, -0.1) is 0 Å². The SMILES string of the molecule is NNc1cnncc1N. The van der Waals surface area contributed by atoms with Gasteiger partial charge < -0.3 is 11.2 Å². The molecule has 0 atom stereocenters. The van der Waals surface area contributed by atoms with Crippen LogP contribution in [0.4, 0.5) is 11.4 Å². The zero-order valence-corrected chi connectivity index (χ0v) is 4.70. The van der Waals surface area contributed by atoms with Crippen LogP contribution in [-0.2, 0) is 0 Å². The third-order valence-corrected chi connectivity index (χ3v) is 0.917. The Balaban J connectivity index is 3.01. The quantitative estimate of drug-likeness (QED) is 0.342. The summed E-state index contributed by atoms with van der Waals surface area (Å²) in [6.45, 7) is 0. The fourth-order valence-corrected chi connectivity index (χ4v) is 0.451. The average molecular weight is 125 g/mol. The van der Waals surface area contributed by atoms with E-state index in [2.05, 4.69) is 15.6 Å². The Hall–Kier alpha value is -1.36. The number of hydrogen-bond acceptors (Lipinski definition) is 5. The van der Waals surface area contributed by atoms with Gasteiger partial charge in [-0.3, -0.25) is 5.84 Å². The third kappa shape index (κ3) is 1.06. The van der Waals surface area contributed by atoms with Crippen LogP contribution in [0.25, 0.3) is 0 Å². The van der Waals surface area contributed by atoms with Crippen molar-refractivity contribution in [3.8, 4) is 0 Å². The molecule has 0 radical (unpaired) electrons. The summed E-state index contributed by atoms with van der Waals surface area (Å²) >= 11 is 0. The summed E-state index contributed by atoms with van der Waals surface area (Å²) in [6, 6.07) is 0. The molecule has 5 nitrogen and oxygen atoms in total. The number of hydrazine groups is 1. The molecule has 5 N–H and O–H groups in total. The molecular weight excluding hydrogens is 118 g/mol. The summed E-state index contributed by atoms with van der Waals surface area (Å²) in [6.07, 6.45) is 2.88. The van der Waals surface area contributed by atoms with Crippen LogP contribution in [0, 0.1) is 0 Å². The normalized spacial score (nSPS) is 9.00. The predicted molar refractivity (Wildman–Crippen MR) is 34.3 cm³/mol. The van der Waals surface area contributed by atoms with Crippen LogP contribution in [0.3, 0.4) is 0 Å². The third-order valence-electron chi connectivity index (χ3n) is 0.917. The van der Waals surface area contributed by atoms with Gasteiger partial charge in [0.15, 0.2) is 0 Å². The van der Waals surface area contributed by atoms with Gasteiger partial charge >= 0.3 is 0 Å². The van der Waals surface area contributed by atoms with Gasteiger partial charge in [0.05, 0.1) is 23.8 Å². The van der Waals surface area contributed by atoms with Gasteiger partial charge in [0.2, 0.25) is 0 Å². The van der Waals surface area contributed by atoms with Crippen molar-refractivity contribution in [3.05, 3.63) is 12.4 Å². The van der Waals surface area contributed by atoms with Crippen molar-refractivity contribution in [2.75, 3.05) is 11.2 Å². The lowest BCUT2D eigenvalue weighted by Gasteiger charge is -1.99. The highest BCUT2D eigenvalue weighted by atomic mass is 15.2. The summed E-state index contributed by atoms with van der Waals surface area (Å²) in [7, 11) is 0. The number of nitrogens with one attached hydrogen (secondary N) is 1. The molecule has 0 amide bonds. The number of anilines is 2. The molecule has 1 heterocycles. The van der Waals surface area contributed by atoms with Crippen LogP contribution in [0.2, 0.25) is 0 Å². The minimum absolute atomic E-state index is 0.493. The van der Waals surface area contributed by atoms with Crippen molar-refractivity contribution < 1.29 is 0 Å². The molecule has 1 aromatic rings. The Bertz CT molecular complexity index is 198. The highest BCUT2D eigenvalue weighted by Gasteiger charge is 1.92. The van der Waals surface area contributed by atoms with Gasteiger partial charge in [0.25, 0.3) is 0 Å². The monoisotopic (exact) mass is 125 g/mol. The molecule has 0 bridgehead atoms. The number of aromatic nitrogens is 2. The van der Waals surface area contributed by atoms with E-state index in [1.807, 2.05) is 0 Å². The van der Waals surface area contributed by atoms with Crippen LogP contribution >= 0.6 is 0 Å². The first kappa shape index (κ1) is 5.77. The number of rotatable bonds is 1. The smallest absolute Gasteiger partial charge is 0.0937 e. The Labute approximate surface area is 52.0 Å². The van der Waals surface area contributed by atoms with Crippen molar-refractivity contribution >= 4 is 11.4 Å². The average Bonchev–Trinajstić information content (AvgIpc) is 1.89. The minimum atomic E-state index is 0.493. The van der Waals surface area contributed by atoms with Crippen LogP contribution in [0.5, 0.6) is 0 Å². The fourth-order valence-electron chi connectivity index (χ4n) is 0.451. The van der Waals surface area contributed by atoms with E-state index in [1.54, 1.807) is 0 Å². The fraction of sp³-hybridized carbons (Fsp3) is 0. The predicted octanol–water partition coefficient (Wildman–Crippen LogP) is -0.656. The highest BCUT2D eigenvalue weighted by Crippen LogP contribution is 2.10. The molecule has 1 aromatic heterocycles. The first-order valence-electron chi connectivity index (χ1n) is 2.37. The van der Waals surface area contributed by atoms with Crippen LogP contribution in [0.15, 0.2) is 12.4 Å². The maximum atomic E-state index is 5.39. The van der Waals surface area contributed by atoms with E-state index in [4.69, 9.17) is 11.6 Å². The van der Waals surface area contributed by atoms with E-state index >= 15 is 0 Å². The molecule has 0 saturated heterocycles. The van der Waals surface area contributed by atoms with Gasteiger partial charge in [0, 0.05) is 0 Å². The van der Waals surface area contributed by atoms with Gasteiger partial charge in [0.1, 0.15) is 0 Å². The summed E-state index contributed by atoms with van der Waals surface area (Å²) in [5, 5.41) is 7.07. The lowest BCUT2D eigenvalue weighted by Crippen LogP contribution is -2.09. The zero-order valence-electron chi connectivity index (χ0n) is 4.70. The summed E-state index contributed by atoms with van der Waals surface area (Å²) in [4.78, 5) is 0. The maximum absolute atomic E-state index is 5.39. The van der Waals surface area contributed by atoms with Gasteiger partial charge in [-0.25, -0.2) is 0 Å². The van der Waals surface area contributed by atoms with Crippen molar-refractivity contribution in [2.24, 2.45) is 5.84 Å². The molecule has 0 unspecified atom stereocenters. The van der Waals surface area contributed by atoms with E-state index in [9.17, 15) is 0 Å². The van der Waals surface area contributed by atoms with E-state index < -0.39 is 0 Å². The molecule has 0 fully saturated rings. The molecule has 0 saturated carbocycles. The number of nitrogens with zero attached hydrogens (tertiary/aromatic N) is 2. The highest BCUT2D eigenvalue weighted by molar-refractivity contribution is 5.62. The molecule has 0 spiro atoms. The largest absolute Gasteiger partial charge is 0.396 e. The Morgan fingerprint density at radius 2 is 2.00 bits per heavy atom. The van der Waals surface area contributed by atoms with Crippen LogP contribution in [-0.4, -0.2) is 10.2 Å². The van der Waals surface area contributed by atoms with E-state index in [0.717, 1.165) is 0 Å². The molecule has 0 aliphatic heterocycles. The summed E-state index contributed by atoms with van der Waals surface area (Å²) < 4.78 is 0. The minimum Gasteiger partial charge on any atom is -0.396 e. The Kier molecular flexibility index (Phi) is 1.46. The Morgan fingerprint density at radius 3 is 2.44 bits per heavy atom. The summed E-state index contributed by atoms with van der Waals surface area (Å²) in [5.74, 6) is 5.05. The van der Waals surface area contributed by atoms with Crippen molar-refractivity contribution in [1.82, 2.24) is 10.2 Å². The zero-order chi connectivity index (χ0) is 6.69. The van der Waals surface area contributed by atoms with Gasteiger partial charge in [-0.1, -0.05) is 0 Å². The van der Waals surface area contributed by atoms with Crippen molar-refractivity contribution in [2.45, 2.75) is 0 Å². The number of hydrogen-bond donors (Lipinski definition) is 3. The second-order valence-electron chi connectivity index (χ2n) is 1.50. The van der Waals surface area contributed by atoms with Gasteiger partial charge in [-0.2, -0.15) is 10.2 Å². The molecule has 0 aromatic carbocycles. The molecule has 0 aliphatic carbocycles. The van der Waals surface area contributed by atoms with E-state index in [0.29, 0.717) is 11.4 Å². The lowest BCUT2D eigenvalue weighted by molar-refractivity contribution is 1.03. The first-order chi connectivity index (χ1) is 4.34. The molecule has 9 heavy (non-hydrogen) atoms. The van der Waals surface area contributed by atoms with E-state index in [-0.39, 0.29) is 0 Å². The lowest BCUT2D eigenvalue weighted by atomic mass is 10.4. The molecule has 0 aliphatic rings. The molecule has 1 rings (SSSR count). The number of nitrogens with two attached hydrogens (primary N) is 2. The van der Waals surface area contributed by atoms with Gasteiger partial charge in [-0.05, 0) is 0 Å². The molecule has 48 valence electrons. The second-order valence-corrected chi connectivity index (χ2v) is 1.50. The molecular formula is C4H7N5. The molecule has 5 heteroatoms. The van der Waals surface area contributed by atoms with Crippen molar-refractivity contribution in [1.29, 1.82) is 0 Å². The Morgan fingerprint density at radius 1 is 1.33 bits per heavy atom.